The summed E-state index contributed by atoms with van der Waals surface area (Å²) in [7, 11) is 1.56. The van der Waals surface area contributed by atoms with Crippen LogP contribution in [0.1, 0.15) is 10.4 Å². The molecule has 0 bridgehead atoms. The monoisotopic (exact) mass is 452 g/mol. The zero-order valence-corrected chi connectivity index (χ0v) is 18.1. The molecule has 0 spiro atoms. The highest BCUT2D eigenvalue weighted by molar-refractivity contribution is 6.05. The van der Waals surface area contributed by atoms with Crippen molar-refractivity contribution in [2.75, 3.05) is 12.4 Å². The van der Waals surface area contributed by atoms with Gasteiger partial charge in [-0.3, -0.25) is 9.78 Å². The first-order valence-electron chi connectivity index (χ1n) is 10.5. The molecule has 1 aromatic heterocycles. The fourth-order valence-corrected chi connectivity index (χ4v) is 3.69. The van der Waals surface area contributed by atoms with E-state index in [1.807, 2.05) is 36.4 Å². The van der Waals surface area contributed by atoms with Crippen LogP contribution in [0.15, 0.2) is 85.1 Å². The van der Waals surface area contributed by atoms with E-state index in [1.54, 1.807) is 43.6 Å². The van der Waals surface area contributed by atoms with Gasteiger partial charge in [0.2, 0.25) is 0 Å². The van der Waals surface area contributed by atoms with Gasteiger partial charge in [0, 0.05) is 28.9 Å². The lowest BCUT2D eigenvalue weighted by atomic mass is 10.1. The van der Waals surface area contributed by atoms with Crippen LogP contribution in [0.2, 0.25) is 0 Å². The van der Waals surface area contributed by atoms with Crippen molar-refractivity contribution < 1.29 is 24.5 Å². The number of nitrogens with one attached hydrogen (secondary N) is 1. The highest BCUT2D eigenvalue weighted by Crippen LogP contribution is 2.36. The number of carbonyl (C=O) groups is 1. The third-order valence-corrected chi connectivity index (χ3v) is 5.43. The maximum Gasteiger partial charge on any atom is 0.255 e. The van der Waals surface area contributed by atoms with E-state index >= 15 is 0 Å². The van der Waals surface area contributed by atoms with Gasteiger partial charge in [0.25, 0.3) is 5.91 Å². The quantitative estimate of drug-likeness (QED) is 0.289. The summed E-state index contributed by atoms with van der Waals surface area (Å²) < 4.78 is 11.3. The number of fused-ring (bicyclic) bond motifs is 2. The number of aromatic hydroxyl groups is 2. The molecule has 7 nitrogen and oxygen atoms in total. The lowest BCUT2D eigenvalue weighted by Gasteiger charge is -2.11. The molecule has 0 aliphatic heterocycles. The third-order valence-electron chi connectivity index (χ3n) is 5.43. The largest absolute Gasteiger partial charge is 0.504 e. The summed E-state index contributed by atoms with van der Waals surface area (Å²) in [5.74, 6) is 0.940. The van der Waals surface area contributed by atoms with E-state index in [0.717, 1.165) is 10.8 Å². The number of ether oxygens (including phenoxy) is 2. The minimum atomic E-state index is -0.250. The van der Waals surface area contributed by atoms with E-state index in [2.05, 4.69) is 10.3 Å². The lowest BCUT2D eigenvalue weighted by Crippen LogP contribution is -2.11. The number of phenols is 2. The Morgan fingerprint density at radius 3 is 2.53 bits per heavy atom. The lowest BCUT2D eigenvalue weighted by molar-refractivity contribution is 0.102. The Morgan fingerprint density at radius 1 is 0.853 bits per heavy atom. The number of benzene rings is 4. The zero-order chi connectivity index (χ0) is 23.7. The number of aromatic nitrogens is 1. The van der Waals surface area contributed by atoms with Crippen LogP contribution in [-0.2, 0) is 0 Å². The Balaban J connectivity index is 1.43. The Morgan fingerprint density at radius 2 is 1.68 bits per heavy atom. The van der Waals surface area contributed by atoms with Gasteiger partial charge in [0.15, 0.2) is 11.5 Å². The molecule has 0 aliphatic carbocycles. The van der Waals surface area contributed by atoms with Gasteiger partial charge in [-0.05, 0) is 65.4 Å². The van der Waals surface area contributed by atoms with Crippen LogP contribution >= 0.6 is 0 Å². The second kappa shape index (κ2) is 8.63. The fraction of sp³-hybridized carbons (Fsp3) is 0.0370. The number of pyridine rings is 1. The Hall–Kier alpha value is -4.78. The van der Waals surface area contributed by atoms with Crippen molar-refractivity contribution in [3.05, 3.63) is 90.6 Å². The van der Waals surface area contributed by atoms with Gasteiger partial charge in [0.1, 0.15) is 17.2 Å². The summed E-state index contributed by atoms with van der Waals surface area (Å²) >= 11 is 0. The maximum atomic E-state index is 12.7. The molecule has 34 heavy (non-hydrogen) atoms. The van der Waals surface area contributed by atoms with Crippen molar-refractivity contribution in [3.8, 4) is 28.7 Å². The average Bonchev–Trinajstić information content (AvgIpc) is 2.85. The van der Waals surface area contributed by atoms with E-state index in [9.17, 15) is 15.0 Å². The Kier molecular flexibility index (Phi) is 5.35. The van der Waals surface area contributed by atoms with Gasteiger partial charge >= 0.3 is 0 Å². The molecule has 7 heteroatoms. The van der Waals surface area contributed by atoms with Crippen LogP contribution < -0.4 is 14.8 Å². The summed E-state index contributed by atoms with van der Waals surface area (Å²) in [6, 6.07) is 22.7. The minimum absolute atomic E-state index is 0.239. The Labute approximate surface area is 194 Å². The van der Waals surface area contributed by atoms with Crippen LogP contribution in [0.4, 0.5) is 5.69 Å². The van der Waals surface area contributed by atoms with Crippen LogP contribution in [0.5, 0.6) is 28.7 Å². The van der Waals surface area contributed by atoms with Gasteiger partial charge in [-0.2, -0.15) is 0 Å². The summed E-state index contributed by atoms with van der Waals surface area (Å²) in [6.45, 7) is 0. The minimum Gasteiger partial charge on any atom is -0.504 e. The molecule has 0 unspecified atom stereocenters. The molecule has 1 heterocycles. The number of nitrogens with zero attached hydrogens (tertiary/aromatic N) is 1. The summed E-state index contributed by atoms with van der Waals surface area (Å²) in [5.41, 5.74) is 1.64. The molecule has 0 saturated carbocycles. The first-order chi connectivity index (χ1) is 16.5. The van der Waals surface area contributed by atoms with E-state index in [4.69, 9.17) is 9.47 Å². The number of phenolic OH excluding ortho intramolecular Hbond substituents is 2. The second-order valence-electron chi connectivity index (χ2n) is 7.68. The zero-order valence-electron chi connectivity index (χ0n) is 18.1. The molecule has 0 saturated heterocycles. The number of amides is 1. The van der Waals surface area contributed by atoms with Gasteiger partial charge in [0.05, 0.1) is 12.6 Å². The van der Waals surface area contributed by atoms with Crippen LogP contribution in [0, 0.1) is 0 Å². The van der Waals surface area contributed by atoms with Gasteiger partial charge in [-0.25, -0.2) is 0 Å². The highest BCUT2D eigenvalue weighted by Gasteiger charge is 2.11. The number of anilines is 1. The molecule has 0 aliphatic rings. The van der Waals surface area contributed by atoms with Crippen molar-refractivity contribution in [1.29, 1.82) is 0 Å². The van der Waals surface area contributed by atoms with Gasteiger partial charge in [-0.15, -0.1) is 0 Å². The molecule has 0 radical (unpaired) electrons. The molecule has 5 aromatic rings. The van der Waals surface area contributed by atoms with Crippen LogP contribution in [0.3, 0.4) is 0 Å². The average molecular weight is 452 g/mol. The molecular weight excluding hydrogens is 432 g/mol. The molecule has 0 atom stereocenters. The van der Waals surface area contributed by atoms with E-state index < -0.39 is 0 Å². The molecule has 168 valence electrons. The number of methoxy groups -OCH3 is 1. The SMILES string of the molecule is COc1cccc(C(=O)Nc2ccc3ccc(Oc4ccnc5cc(O)c(O)cc45)cc3c2)c1. The first-order valence-corrected chi connectivity index (χ1v) is 10.5. The smallest absolute Gasteiger partial charge is 0.255 e. The topological polar surface area (TPSA) is 101 Å². The standard InChI is InChI=1S/C27H20N2O5/c1-33-20-4-2-3-17(12-20)27(32)29-19-7-5-16-6-8-21(13-18(16)11-19)34-26-9-10-28-23-15-25(31)24(30)14-22(23)26/h2-15,30-31H,1H3,(H,29,32). The van der Waals surface area contributed by atoms with Crippen molar-refractivity contribution >= 4 is 33.3 Å². The number of hydrogen-bond acceptors (Lipinski definition) is 6. The maximum absolute atomic E-state index is 12.7. The molecule has 1 amide bonds. The highest BCUT2D eigenvalue weighted by atomic mass is 16.5. The van der Waals surface area contributed by atoms with E-state index in [1.165, 1.54) is 12.1 Å². The number of carbonyl (C=O) groups excluding carboxylic acids is 1. The first kappa shape index (κ1) is 21.1. The van der Waals surface area contributed by atoms with Crippen LogP contribution in [-0.4, -0.2) is 28.2 Å². The molecule has 5 rings (SSSR count). The van der Waals surface area contributed by atoms with Gasteiger partial charge in [-0.1, -0.05) is 18.2 Å². The number of hydrogen-bond donors (Lipinski definition) is 3. The molecular formula is C27H20N2O5. The predicted molar refractivity (Wildman–Crippen MR) is 130 cm³/mol. The normalized spacial score (nSPS) is 10.9. The van der Waals surface area contributed by atoms with E-state index in [-0.39, 0.29) is 17.4 Å². The summed E-state index contributed by atoms with van der Waals surface area (Å²) in [6.07, 6.45) is 1.57. The summed E-state index contributed by atoms with van der Waals surface area (Å²) in [4.78, 5) is 16.9. The van der Waals surface area contributed by atoms with Gasteiger partial charge < -0.3 is 25.0 Å². The van der Waals surface area contributed by atoms with Crippen molar-refractivity contribution in [2.45, 2.75) is 0 Å². The number of rotatable bonds is 5. The second-order valence-corrected chi connectivity index (χ2v) is 7.68. The van der Waals surface area contributed by atoms with Crippen molar-refractivity contribution in [3.63, 3.8) is 0 Å². The molecule has 3 N–H and O–H groups in total. The van der Waals surface area contributed by atoms with E-state index in [0.29, 0.717) is 39.4 Å². The summed E-state index contributed by atoms with van der Waals surface area (Å²) in [5, 5.41) is 25.0. The predicted octanol–water partition coefficient (Wildman–Crippen LogP) is 5.85. The molecule has 4 aromatic carbocycles. The van der Waals surface area contributed by atoms with Crippen molar-refractivity contribution in [2.24, 2.45) is 0 Å². The molecule has 0 fully saturated rings. The third kappa shape index (κ3) is 4.14. The fourth-order valence-electron chi connectivity index (χ4n) is 3.69. The Bertz CT molecular complexity index is 1550. The van der Waals surface area contributed by atoms with Crippen LogP contribution in [0.25, 0.3) is 21.7 Å². The van der Waals surface area contributed by atoms with Crippen molar-refractivity contribution in [1.82, 2.24) is 4.98 Å².